The number of nitrogens with zero attached hydrogens (tertiary/aromatic N) is 1. The van der Waals surface area contributed by atoms with Crippen LogP contribution < -0.4 is 10.6 Å². The van der Waals surface area contributed by atoms with Crippen LogP contribution in [-0.2, 0) is 12.8 Å². The van der Waals surface area contributed by atoms with E-state index < -0.39 is 0 Å². The second-order valence-corrected chi connectivity index (χ2v) is 16.2. The van der Waals surface area contributed by atoms with Crippen LogP contribution in [0.1, 0.15) is 53.1 Å². The number of hydrogen-bond acceptors (Lipinski definition) is 2. The van der Waals surface area contributed by atoms with Crippen LogP contribution in [0.15, 0.2) is 219 Å². The lowest BCUT2D eigenvalue weighted by Crippen LogP contribution is -2.15. The van der Waals surface area contributed by atoms with Crippen molar-refractivity contribution in [2.75, 3.05) is 4.90 Å². The second kappa shape index (κ2) is 18.9. The first-order valence-corrected chi connectivity index (χ1v) is 22.0. The van der Waals surface area contributed by atoms with Crippen molar-refractivity contribution in [2.24, 2.45) is 5.73 Å². The fourth-order valence-corrected chi connectivity index (χ4v) is 8.90. The number of benzene rings is 8. The van der Waals surface area contributed by atoms with Crippen molar-refractivity contribution in [3.63, 3.8) is 0 Å². The molecule has 0 unspecified atom stereocenters. The highest BCUT2D eigenvalue weighted by molar-refractivity contribution is 5.97. The van der Waals surface area contributed by atoms with Gasteiger partial charge in [0.25, 0.3) is 0 Å². The predicted molar refractivity (Wildman–Crippen MR) is 272 cm³/mol. The van der Waals surface area contributed by atoms with Crippen LogP contribution in [-0.4, -0.2) is 0 Å². The number of para-hydroxylation sites is 1. The summed E-state index contributed by atoms with van der Waals surface area (Å²) in [4.78, 5) is 2.35. The molecule has 0 aromatic heterocycles. The number of allylic oxidation sites excluding steroid dienone is 4. The van der Waals surface area contributed by atoms with Crippen LogP contribution in [0, 0.1) is 0 Å². The zero-order valence-corrected chi connectivity index (χ0v) is 35.9. The quantitative estimate of drug-likeness (QED) is 0.118. The minimum atomic E-state index is 0.861. The number of fused-ring (bicyclic) bond motifs is 2. The van der Waals surface area contributed by atoms with Crippen LogP contribution in [0.5, 0.6) is 0 Å². The van der Waals surface area contributed by atoms with Crippen LogP contribution in [0.3, 0.4) is 0 Å². The third-order valence-electron chi connectivity index (χ3n) is 12.1. The predicted octanol–water partition coefficient (Wildman–Crippen LogP) is 16.1. The standard InChI is InChI=1S/C61H52N2/c1-3-15-57(63(55-22-8-5-9-23-55)56-36-34-49(35-37-56)59-25-14-21-47-19-12-13-24-58(47)59)41-54-33-32-53(43-61(54)48-17-6-4-7-18-48)52-31-30-50(38-39-62)60(42-52)44(2)26-27-45-28-29-46-16-10-11-20-51(46)40-45/h3-10,12-19,21-25,28-43H,2,11,20,26-27,62H2,1H3/b15-3-,39-38-,57-41+. The maximum absolute atomic E-state index is 5.99. The summed E-state index contributed by atoms with van der Waals surface area (Å²) in [5.41, 5.74) is 24.8. The summed E-state index contributed by atoms with van der Waals surface area (Å²) in [6, 6.07) is 65.9. The van der Waals surface area contributed by atoms with Gasteiger partial charge in [0.15, 0.2) is 0 Å². The Morgan fingerprint density at radius 3 is 2.11 bits per heavy atom. The Hall–Kier alpha value is -7.68. The number of aryl methyl sites for hydroxylation is 2. The van der Waals surface area contributed by atoms with Crippen molar-refractivity contribution < 1.29 is 0 Å². The summed E-state index contributed by atoms with van der Waals surface area (Å²) < 4.78 is 0. The first-order valence-electron chi connectivity index (χ1n) is 22.0. The van der Waals surface area contributed by atoms with Crippen LogP contribution in [0.2, 0.25) is 0 Å². The van der Waals surface area contributed by atoms with Gasteiger partial charge >= 0.3 is 0 Å². The molecule has 0 radical (unpaired) electrons. The highest BCUT2D eigenvalue weighted by Gasteiger charge is 2.17. The average Bonchev–Trinajstić information content (AvgIpc) is 3.34. The van der Waals surface area contributed by atoms with E-state index in [-0.39, 0.29) is 0 Å². The van der Waals surface area contributed by atoms with E-state index in [0.717, 1.165) is 87.3 Å². The molecule has 0 spiro atoms. The molecule has 0 bridgehead atoms. The maximum atomic E-state index is 5.99. The Morgan fingerprint density at radius 1 is 0.635 bits per heavy atom. The van der Waals surface area contributed by atoms with E-state index >= 15 is 0 Å². The lowest BCUT2D eigenvalue weighted by Gasteiger charge is -2.27. The molecule has 1 aliphatic rings. The summed E-state index contributed by atoms with van der Waals surface area (Å²) in [6.45, 7) is 6.71. The Bertz CT molecular complexity index is 3010. The molecule has 8 aromatic rings. The molecule has 8 aromatic carbocycles. The normalized spacial score (nSPS) is 12.6. The lowest BCUT2D eigenvalue weighted by atomic mass is 9.89. The van der Waals surface area contributed by atoms with Gasteiger partial charge < -0.3 is 10.6 Å². The van der Waals surface area contributed by atoms with Gasteiger partial charge in [0.05, 0.1) is 0 Å². The molecule has 2 heteroatoms. The summed E-state index contributed by atoms with van der Waals surface area (Å²) in [5.74, 6) is 0. The molecule has 306 valence electrons. The van der Waals surface area contributed by atoms with Gasteiger partial charge in [-0.3, -0.25) is 0 Å². The zero-order valence-electron chi connectivity index (χ0n) is 35.9. The minimum Gasteiger partial charge on any atom is -0.405 e. The molecule has 0 heterocycles. The molecule has 2 N–H and O–H groups in total. The van der Waals surface area contributed by atoms with Gasteiger partial charge in [0.2, 0.25) is 0 Å². The highest BCUT2D eigenvalue weighted by Crippen LogP contribution is 2.38. The van der Waals surface area contributed by atoms with E-state index in [1.54, 1.807) is 6.20 Å². The number of hydrogen-bond donors (Lipinski definition) is 1. The first kappa shape index (κ1) is 40.7. The molecular weight excluding hydrogens is 761 g/mol. The molecule has 0 saturated carbocycles. The van der Waals surface area contributed by atoms with E-state index in [1.165, 1.54) is 38.6 Å². The van der Waals surface area contributed by atoms with E-state index in [9.17, 15) is 0 Å². The third-order valence-corrected chi connectivity index (χ3v) is 12.1. The molecular formula is C61H52N2. The molecule has 0 fully saturated rings. The van der Waals surface area contributed by atoms with Crippen molar-refractivity contribution in [3.8, 4) is 33.4 Å². The Labute approximate surface area is 373 Å². The number of rotatable bonds is 13. The Morgan fingerprint density at radius 2 is 1.32 bits per heavy atom. The van der Waals surface area contributed by atoms with E-state index in [1.807, 2.05) is 6.08 Å². The maximum Gasteiger partial charge on any atom is 0.0464 e. The summed E-state index contributed by atoms with van der Waals surface area (Å²) in [5, 5.41) is 2.49. The van der Waals surface area contributed by atoms with Gasteiger partial charge in [-0.2, -0.15) is 0 Å². The van der Waals surface area contributed by atoms with Crippen LogP contribution >= 0.6 is 0 Å². The fraction of sp³-hybridized carbons (Fsp3) is 0.0820. The molecule has 0 atom stereocenters. The van der Waals surface area contributed by atoms with Gasteiger partial charge in [-0.05, 0) is 177 Å². The zero-order chi connectivity index (χ0) is 43.0. The summed E-state index contributed by atoms with van der Waals surface area (Å²) in [7, 11) is 0. The molecule has 0 aliphatic heterocycles. The first-order chi connectivity index (χ1) is 31.1. The summed E-state index contributed by atoms with van der Waals surface area (Å²) in [6.07, 6.45) is 18.8. The van der Waals surface area contributed by atoms with Gasteiger partial charge in [-0.25, -0.2) is 0 Å². The largest absolute Gasteiger partial charge is 0.405 e. The smallest absolute Gasteiger partial charge is 0.0464 e. The van der Waals surface area contributed by atoms with Crippen molar-refractivity contribution >= 4 is 45.9 Å². The second-order valence-electron chi connectivity index (χ2n) is 16.2. The molecule has 1 aliphatic carbocycles. The number of anilines is 2. The van der Waals surface area contributed by atoms with E-state index in [2.05, 4.69) is 231 Å². The van der Waals surface area contributed by atoms with Crippen molar-refractivity contribution in [2.45, 2.75) is 32.6 Å². The summed E-state index contributed by atoms with van der Waals surface area (Å²) >= 11 is 0. The van der Waals surface area contributed by atoms with Gasteiger partial charge in [-0.15, -0.1) is 0 Å². The monoisotopic (exact) mass is 812 g/mol. The highest BCUT2D eigenvalue weighted by atomic mass is 15.1. The Balaban J connectivity index is 1.09. The van der Waals surface area contributed by atoms with Crippen molar-refractivity contribution in [3.05, 3.63) is 252 Å². The molecule has 63 heavy (non-hydrogen) atoms. The molecule has 2 nitrogen and oxygen atoms in total. The van der Waals surface area contributed by atoms with Crippen LogP contribution in [0.25, 0.3) is 68.0 Å². The van der Waals surface area contributed by atoms with E-state index in [0.29, 0.717) is 0 Å². The van der Waals surface area contributed by atoms with Crippen molar-refractivity contribution in [1.29, 1.82) is 0 Å². The third kappa shape index (κ3) is 9.03. The van der Waals surface area contributed by atoms with E-state index in [4.69, 9.17) is 5.73 Å². The average molecular weight is 813 g/mol. The topological polar surface area (TPSA) is 29.3 Å². The Kier molecular flexibility index (Phi) is 12.2. The fourth-order valence-electron chi connectivity index (χ4n) is 8.90. The molecule has 0 saturated heterocycles. The molecule has 0 amide bonds. The SMILES string of the molecule is C=C(CCc1ccc2c(c1)CCC=C2)c1cc(-c2ccc(/C=C(\C=C/C)N(c3ccccc3)c3ccc(-c4cccc5ccccc45)cc3)c(-c3ccccc3)c2)ccc1/C=C\N. The minimum absolute atomic E-state index is 0.861. The van der Waals surface area contributed by atoms with Gasteiger partial charge in [0, 0.05) is 17.1 Å². The number of nitrogens with two attached hydrogens (primary N) is 1. The lowest BCUT2D eigenvalue weighted by molar-refractivity contribution is 0.961. The van der Waals surface area contributed by atoms with Gasteiger partial charge in [0.1, 0.15) is 0 Å². The molecule has 9 rings (SSSR count). The van der Waals surface area contributed by atoms with Crippen LogP contribution in [0.4, 0.5) is 11.4 Å². The van der Waals surface area contributed by atoms with Gasteiger partial charge in [-0.1, -0.05) is 170 Å². The van der Waals surface area contributed by atoms with Crippen molar-refractivity contribution in [1.82, 2.24) is 0 Å².